The van der Waals surface area contributed by atoms with Crippen LogP contribution in [0.5, 0.6) is 0 Å². The number of aliphatic imine (C=N–C) groups is 1. The molecule has 1 heterocycles. The molecule has 0 bridgehead atoms. The normalized spacial score (nSPS) is 10.2. The van der Waals surface area contributed by atoms with E-state index in [0.717, 1.165) is 0 Å². The molecule has 0 radical (unpaired) electrons. The number of nitrogen functional groups attached to an aromatic ring is 1. The molecule has 0 saturated carbocycles. The van der Waals surface area contributed by atoms with Crippen LogP contribution in [0.25, 0.3) is 0 Å². The van der Waals surface area contributed by atoms with Gasteiger partial charge in [-0.05, 0) is 12.1 Å². The van der Waals surface area contributed by atoms with E-state index in [1.54, 1.807) is 30.6 Å². The second-order valence-electron chi connectivity index (χ2n) is 1.92. The highest BCUT2D eigenvalue weighted by Gasteiger charge is 1.92. The van der Waals surface area contributed by atoms with Crippen molar-refractivity contribution in [2.75, 3.05) is 5.73 Å². The Balaban J connectivity index is 2.94. The van der Waals surface area contributed by atoms with Crippen LogP contribution < -0.4 is 5.73 Å². The van der Waals surface area contributed by atoms with Crippen molar-refractivity contribution in [3.8, 4) is 0 Å². The summed E-state index contributed by atoms with van der Waals surface area (Å²) in [5.41, 5.74) is 6.18. The van der Waals surface area contributed by atoms with Crippen LogP contribution in [0.2, 0.25) is 0 Å². The lowest BCUT2D eigenvalue weighted by Gasteiger charge is -1.94. The minimum Gasteiger partial charge on any atom is -0.382 e. The van der Waals surface area contributed by atoms with Crippen LogP contribution in [0.4, 0.5) is 11.5 Å². The van der Waals surface area contributed by atoms with Gasteiger partial charge in [0.05, 0.1) is 0 Å². The Morgan fingerprint density at radius 2 is 2.45 bits per heavy atom. The van der Waals surface area contributed by atoms with Crippen LogP contribution in [0.1, 0.15) is 0 Å². The average molecular weight is 147 g/mol. The van der Waals surface area contributed by atoms with E-state index in [-0.39, 0.29) is 0 Å². The Bertz CT molecular complexity index is 278. The van der Waals surface area contributed by atoms with Gasteiger partial charge < -0.3 is 5.73 Å². The van der Waals surface area contributed by atoms with Gasteiger partial charge in [0, 0.05) is 12.4 Å². The second kappa shape index (κ2) is 3.51. The molecule has 0 spiro atoms. The Hall–Kier alpha value is -1.64. The van der Waals surface area contributed by atoms with E-state index in [2.05, 4.69) is 16.6 Å². The summed E-state index contributed by atoms with van der Waals surface area (Å²) in [5.74, 6) is 0.436. The molecule has 3 nitrogen and oxygen atoms in total. The lowest BCUT2D eigenvalue weighted by molar-refractivity contribution is 1.32. The lowest BCUT2D eigenvalue weighted by Crippen LogP contribution is -1.88. The molecule has 0 fully saturated rings. The van der Waals surface area contributed by atoms with Gasteiger partial charge >= 0.3 is 0 Å². The molecule has 0 aliphatic carbocycles. The Morgan fingerprint density at radius 1 is 1.64 bits per heavy atom. The van der Waals surface area contributed by atoms with Gasteiger partial charge in [-0.25, -0.2) is 4.98 Å². The summed E-state index contributed by atoms with van der Waals surface area (Å²) in [6.07, 6.45) is 4.79. The number of nitrogens with zero attached hydrogens (tertiary/aromatic N) is 2. The van der Waals surface area contributed by atoms with Crippen molar-refractivity contribution in [1.29, 1.82) is 0 Å². The van der Waals surface area contributed by atoms with Crippen molar-refractivity contribution < 1.29 is 0 Å². The predicted molar refractivity (Wildman–Crippen MR) is 47.0 cm³/mol. The molecule has 0 atom stereocenters. The largest absolute Gasteiger partial charge is 0.382 e. The quantitative estimate of drug-likeness (QED) is 0.645. The van der Waals surface area contributed by atoms with Crippen molar-refractivity contribution in [2.45, 2.75) is 0 Å². The highest BCUT2D eigenvalue weighted by Crippen LogP contribution is 2.16. The van der Waals surface area contributed by atoms with Gasteiger partial charge in [0.2, 0.25) is 0 Å². The summed E-state index contributed by atoms with van der Waals surface area (Å²) in [7, 11) is 0. The molecule has 1 aromatic heterocycles. The number of nitrogens with two attached hydrogens (primary N) is 1. The van der Waals surface area contributed by atoms with Crippen molar-refractivity contribution >= 4 is 17.7 Å². The maximum atomic E-state index is 5.50. The van der Waals surface area contributed by atoms with Gasteiger partial charge in [0.15, 0.2) is 0 Å². The van der Waals surface area contributed by atoms with E-state index in [1.165, 1.54) is 0 Å². The third-order valence-electron chi connectivity index (χ3n) is 1.14. The number of hydrogen-bond donors (Lipinski definition) is 1. The van der Waals surface area contributed by atoms with Crippen LogP contribution in [-0.4, -0.2) is 11.2 Å². The fourth-order valence-electron chi connectivity index (χ4n) is 0.651. The summed E-state index contributed by atoms with van der Waals surface area (Å²) in [6, 6.07) is 3.58. The fourth-order valence-corrected chi connectivity index (χ4v) is 0.651. The van der Waals surface area contributed by atoms with Gasteiger partial charge in [-0.1, -0.05) is 12.7 Å². The van der Waals surface area contributed by atoms with E-state index in [0.29, 0.717) is 11.5 Å². The highest BCUT2D eigenvalue weighted by atomic mass is 14.9. The molecule has 3 heteroatoms. The summed E-state index contributed by atoms with van der Waals surface area (Å²) in [4.78, 5) is 7.86. The standard InChI is InChI=1S/C8H9N3/c1-2-5-10-7-4-3-6-11-8(7)9/h2-6H,1H2,(H2,9,11). The molecule has 0 saturated heterocycles. The maximum Gasteiger partial charge on any atom is 0.149 e. The topological polar surface area (TPSA) is 51.3 Å². The smallest absolute Gasteiger partial charge is 0.149 e. The molecule has 0 unspecified atom stereocenters. The van der Waals surface area contributed by atoms with Gasteiger partial charge in [0.1, 0.15) is 11.5 Å². The zero-order chi connectivity index (χ0) is 8.10. The molecule has 1 aromatic rings. The zero-order valence-electron chi connectivity index (χ0n) is 6.07. The summed E-state index contributed by atoms with van der Waals surface area (Å²) >= 11 is 0. The number of anilines is 1. The van der Waals surface area contributed by atoms with Gasteiger partial charge in [0.25, 0.3) is 0 Å². The van der Waals surface area contributed by atoms with Crippen LogP contribution in [0.15, 0.2) is 36.0 Å². The average Bonchev–Trinajstić information content (AvgIpc) is 2.03. The van der Waals surface area contributed by atoms with Crippen LogP contribution >= 0.6 is 0 Å². The highest BCUT2D eigenvalue weighted by molar-refractivity contribution is 5.76. The molecule has 56 valence electrons. The molecule has 11 heavy (non-hydrogen) atoms. The van der Waals surface area contributed by atoms with E-state index < -0.39 is 0 Å². The van der Waals surface area contributed by atoms with E-state index in [4.69, 9.17) is 5.73 Å². The molecular weight excluding hydrogens is 138 g/mol. The molecule has 0 aromatic carbocycles. The van der Waals surface area contributed by atoms with Crippen LogP contribution in [0, 0.1) is 0 Å². The Labute approximate surface area is 65.3 Å². The summed E-state index contributed by atoms with van der Waals surface area (Å²) in [6.45, 7) is 3.49. The third-order valence-corrected chi connectivity index (χ3v) is 1.14. The molecule has 0 aliphatic heterocycles. The minimum absolute atomic E-state index is 0.436. The molecule has 1 rings (SSSR count). The number of aromatic nitrogens is 1. The SMILES string of the molecule is C=CC=Nc1cccnc1N. The van der Waals surface area contributed by atoms with Gasteiger partial charge in [-0.3, -0.25) is 4.99 Å². The molecule has 0 amide bonds. The number of pyridine rings is 1. The van der Waals surface area contributed by atoms with Gasteiger partial charge in [-0.2, -0.15) is 0 Å². The van der Waals surface area contributed by atoms with Crippen molar-refractivity contribution in [2.24, 2.45) is 4.99 Å². The number of allylic oxidation sites excluding steroid dienone is 1. The molecule has 2 N–H and O–H groups in total. The van der Waals surface area contributed by atoms with Crippen LogP contribution in [-0.2, 0) is 0 Å². The first-order valence-corrected chi connectivity index (χ1v) is 3.20. The van der Waals surface area contributed by atoms with E-state index in [1.807, 2.05) is 0 Å². The molecular formula is C8H9N3. The molecule has 0 aliphatic rings. The zero-order valence-corrected chi connectivity index (χ0v) is 6.07. The monoisotopic (exact) mass is 147 g/mol. The van der Waals surface area contributed by atoms with E-state index >= 15 is 0 Å². The van der Waals surface area contributed by atoms with Crippen molar-refractivity contribution in [3.05, 3.63) is 31.0 Å². The second-order valence-corrected chi connectivity index (χ2v) is 1.92. The summed E-state index contributed by atoms with van der Waals surface area (Å²) < 4.78 is 0. The fraction of sp³-hybridized carbons (Fsp3) is 0. The first kappa shape index (κ1) is 7.47. The predicted octanol–water partition coefficient (Wildman–Crippen LogP) is 1.55. The Morgan fingerprint density at radius 3 is 3.09 bits per heavy atom. The number of hydrogen-bond acceptors (Lipinski definition) is 3. The lowest BCUT2D eigenvalue weighted by atomic mass is 10.4. The van der Waals surface area contributed by atoms with Crippen molar-refractivity contribution in [3.63, 3.8) is 0 Å². The van der Waals surface area contributed by atoms with Crippen LogP contribution in [0.3, 0.4) is 0 Å². The van der Waals surface area contributed by atoms with Gasteiger partial charge in [-0.15, -0.1) is 0 Å². The summed E-state index contributed by atoms with van der Waals surface area (Å²) in [5, 5.41) is 0. The Kier molecular flexibility index (Phi) is 2.38. The maximum absolute atomic E-state index is 5.50. The number of rotatable bonds is 2. The minimum atomic E-state index is 0.436. The first-order chi connectivity index (χ1) is 5.34. The first-order valence-electron chi connectivity index (χ1n) is 3.20. The third kappa shape index (κ3) is 1.89. The van der Waals surface area contributed by atoms with Crippen molar-refractivity contribution in [1.82, 2.24) is 4.98 Å². The van der Waals surface area contributed by atoms with E-state index in [9.17, 15) is 0 Å².